The molecule has 0 saturated heterocycles. The van der Waals surface area contributed by atoms with Gasteiger partial charge in [-0.1, -0.05) is 18.2 Å². The summed E-state index contributed by atoms with van der Waals surface area (Å²) < 4.78 is 24.4. The average Bonchev–Trinajstić information content (AvgIpc) is 2.91. The van der Waals surface area contributed by atoms with Crippen LogP contribution in [0.3, 0.4) is 0 Å². The second-order valence-electron chi connectivity index (χ2n) is 7.55. The van der Waals surface area contributed by atoms with Gasteiger partial charge in [-0.3, -0.25) is 9.59 Å². The third-order valence-corrected chi connectivity index (χ3v) is 5.30. The first-order chi connectivity index (χ1) is 15.4. The number of amides is 2. The molecule has 1 heterocycles. The lowest BCUT2D eigenvalue weighted by atomic mass is 10.1. The first-order valence-electron chi connectivity index (χ1n) is 10.2. The van der Waals surface area contributed by atoms with Crippen molar-refractivity contribution < 1.29 is 23.5 Å². The van der Waals surface area contributed by atoms with Gasteiger partial charge in [-0.05, 0) is 55.5 Å². The summed E-state index contributed by atoms with van der Waals surface area (Å²) >= 11 is 0. The largest absolute Gasteiger partial charge is 0.496 e. The molecule has 164 valence electrons. The quantitative estimate of drug-likeness (QED) is 0.647. The van der Waals surface area contributed by atoms with Crippen molar-refractivity contribution in [1.29, 1.82) is 0 Å². The Hall–Kier alpha value is -3.87. The zero-order valence-electron chi connectivity index (χ0n) is 17.8. The molecule has 1 aliphatic rings. The number of hydrogen-bond acceptors (Lipinski definition) is 4. The molecule has 1 unspecified atom stereocenters. The van der Waals surface area contributed by atoms with Gasteiger partial charge in [-0.15, -0.1) is 0 Å². The number of anilines is 1. The molecule has 32 heavy (non-hydrogen) atoms. The van der Waals surface area contributed by atoms with Gasteiger partial charge in [-0.25, -0.2) is 4.39 Å². The normalized spacial score (nSPS) is 15.4. The Morgan fingerprint density at radius 2 is 1.91 bits per heavy atom. The highest BCUT2D eigenvalue weighted by Gasteiger charge is 2.28. The SMILES string of the molecule is COc1ccccc1CN1Cc2cc(NC(=O)c3ccc(F)cc3)ccc2OC(C)C1=O. The van der Waals surface area contributed by atoms with Crippen molar-refractivity contribution >= 4 is 17.5 Å². The molecule has 0 radical (unpaired) electrons. The number of nitrogens with zero attached hydrogens (tertiary/aromatic N) is 1. The molecule has 1 N–H and O–H groups in total. The topological polar surface area (TPSA) is 67.9 Å². The molecule has 0 aliphatic carbocycles. The fourth-order valence-electron chi connectivity index (χ4n) is 3.65. The predicted molar refractivity (Wildman–Crippen MR) is 118 cm³/mol. The van der Waals surface area contributed by atoms with Crippen LogP contribution in [0.25, 0.3) is 0 Å². The first-order valence-corrected chi connectivity index (χ1v) is 10.2. The molecule has 4 rings (SSSR count). The lowest BCUT2D eigenvalue weighted by molar-refractivity contribution is -0.138. The zero-order chi connectivity index (χ0) is 22.7. The minimum absolute atomic E-state index is 0.135. The molecule has 1 atom stereocenters. The average molecular weight is 434 g/mol. The van der Waals surface area contributed by atoms with E-state index < -0.39 is 11.9 Å². The van der Waals surface area contributed by atoms with Crippen LogP contribution >= 0.6 is 0 Å². The van der Waals surface area contributed by atoms with Crippen LogP contribution in [0.1, 0.15) is 28.4 Å². The van der Waals surface area contributed by atoms with Gasteiger partial charge in [0.05, 0.1) is 7.11 Å². The van der Waals surface area contributed by atoms with Gasteiger partial charge in [0.2, 0.25) is 0 Å². The third kappa shape index (κ3) is 4.56. The van der Waals surface area contributed by atoms with E-state index in [2.05, 4.69) is 5.32 Å². The molecule has 6 nitrogen and oxygen atoms in total. The molecule has 0 bridgehead atoms. The molecule has 0 fully saturated rings. The minimum atomic E-state index is -0.648. The summed E-state index contributed by atoms with van der Waals surface area (Å²) in [5.74, 6) is 0.406. The van der Waals surface area contributed by atoms with Gasteiger partial charge in [0, 0.05) is 35.5 Å². The molecule has 3 aromatic rings. The fourth-order valence-corrected chi connectivity index (χ4v) is 3.65. The Balaban J connectivity index is 1.57. The van der Waals surface area contributed by atoms with E-state index in [1.54, 1.807) is 37.1 Å². The summed E-state index contributed by atoms with van der Waals surface area (Å²) in [4.78, 5) is 27.2. The maximum absolute atomic E-state index is 13.1. The van der Waals surface area contributed by atoms with E-state index in [4.69, 9.17) is 9.47 Å². The molecule has 7 heteroatoms. The van der Waals surface area contributed by atoms with E-state index in [9.17, 15) is 14.0 Å². The highest BCUT2D eigenvalue weighted by molar-refractivity contribution is 6.04. The van der Waals surface area contributed by atoms with Crippen LogP contribution in [-0.2, 0) is 17.9 Å². The Kier molecular flexibility index (Phi) is 6.07. The smallest absolute Gasteiger partial charge is 0.263 e. The van der Waals surface area contributed by atoms with E-state index in [1.165, 1.54) is 24.3 Å². The van der Waals surface area contributed by atoms with Crippen molar-refractivity contribution in [2.75, 3.05) is 12.4 Å². The number of carbonyl (C=O) groups is 2. The summed E-state index contributed by atoms with van der Waals surface area (Å²) in [5, 5.41) is 2.81. The number of rotatable bonds is 5. The number of fused-ring (bicyclic) bond motifs is 1. The van der Waals surface area contributed by atoms with Gasteiger partial charge in [-0.2, -0.15) is 0 Å². The van der Waals surface area contributed by atoms with Crippen LogP contribution in [-0.4, -0.2) is 29.9 Å². The number of para-hydroxylation sites is 1. The molecule has 3 aromatic carbocycles. The summed E-state index contributed by atoms with van der Waals surface area (Å²) in [5.41, 5.74) is 2.56. The number of benzene rings is 3. The highest BCUT2D eigenvalue weighted by atomic mass is 19.1. The van der Waals surface area contributed by atoms with E-state index in [0.29, 0.717) is 35.8 Å². The summed E-state index contributed by atoms with van der Waals surface area (Å²) in [6.45, 7) is 2.40. The maximum atomic E-state index is 13.1. The van der Waals surface area contributed by atoms with Gasteiger partial charge in [0.15, 0.2) is 6.10 Å². The van der Waals surface area contributed by atoms with Crippen molar-refractivity contribution in [3.05, 3.63) is 89.2 Å². The number of methoxy groups -OCH3 is 1. The zero-order valence-corrected chi connectivity index (χ0v) is 17.8. The lowest BCUT2D eigenvalue weighted by Gasteiger charge is -2.23. The molecule has 0 aromatic heterocycles. The van der Waals surface area contributed by atoms with Gasteiger partial charge < -0.3 is 19.7 Å². The minimum Gasteiger partial charge on any atom is -0.496 e. The van der Waals surface area contributed by atoms with Gasteiger partial charge in [0.25, 0.3) is 11.8 Å². The van der Waals surface area contributed by atoms with Crippen LogP contribution < -0.4 is 14.8 Å². The summed E-state index contributed by atoms with van der Waals surface area (Å²) in [6.07, 6.45) is -0.648. The van der Waals surface area contributed by atoms with Crippen LogP contribution in [0.2, 0.25) is 0 Å². The van der Waals surface area contributed by atoms with Crippen molar-refractivity contribution in [1.82, 2.24) is 4.90 Å². The summed E-state index contributed by atoms with van der Waals surface area (Å²) in [7, 11) is 1.60. The van der Waals surface area contributed by atoms with Crippen molar-refractivity contribution in [2.45, 2.75) is 26.1 Å². The van der Waals surface area contributed by atoms with Crippen LogP contribution in [0.15, 0.2) is 66.7 Å². The van der Waals surface area contributed by atoms with E-state index in [1.807, 2.05) is 24.3 Å². The number of hydrogen-bond donors (Lipinski definition) is 1. The Labute approximate surface area is 185 Å². The second-order valence-corrected chi connectivity index (χ2v) is 7.55. The van der Waals surface area contributed by atoms with E-state index in [0.717, 1.165) is 11.1 Å². The molecule has 2 amide bonds. The number of nitrogens with one attached hydrogen (secondary N) is 1. The Bertz CT molecular complexity index is 1150. The molecule has 1 aliphatic heterocycles. The molecular formula is C25H23FN2O4. The lowest BCUT2D eigenvalue weighted by Crippen LogP contribution is -2.37. The fraction of sp³-hybridized carbons (Fsp3) is 0.200. The van der Waals surface area contributed by atoms with Gasteiger partial charge in [0.1, 0.15) is 17.3 Å². The number of ether oxygens (including phenoxy) is 2. The van der Waals surface area contributed by atoms with E-state index >= 15 is 0 Å². The number of carbonyl (C=O) groups excluding carboxylic acids is 2. The van der Waals surface area contributed by atoms with Crippen LogP contribution in [0.4, 0.5) is 10.1 Å². The second kappa shape index (κ2) is 9.09. The Morgan fingerprint density at radius 3 is 2.66 bits per heavy atom. The highest BCUT2D eigenvalue weighted by Crippen LogP contribution is 2.30. The molecular weight excluding hydrogens is 411 g/mol. The van der Waals surface area contributed by atoms with Crippen molar-refractivity contribution in [2.24, 2.45) is 0 Å². The van der Waals surface area contributed by atoms with Gasteiger partial charge >= 0.3 is 0 Å². The monoisotopic (exact) mass is 434 g/mol. The van der Waals surface area contributed by atoms with Crippen molar-refractivity contribution in [3.63, 3.8) is 0 Å². The predicted octanol–water partition coefficient (Wildman–Crippen LogP) is 4.40. The molecule has 0 spiro atoms. The Morgan fingerprint density at radius 1 is 1.16 bits per heavy atom. The van der Waals surface area contributed by atoms with Crippen LogP contribution in [0, 0.1) is 5.82 Å². The van der Waals surface area contributed by atoms with Crippen LogP contribution in [0.5, 0.6) is 11.5 Å². The number of halogens is 1. The third-order valence-electron chi connectivity index (χ3n) is 5.30. The maximum Gasteiger partial charge on any atom is 0.263 e. The standard InChI is InChI=1S/C25H23FN2O4/c1-16-25(30)28(14-18-5-3-4-6-22(18)31-2)15-19-13-21(11-12-23(19)32-16)27-24(29)17-7-9-20(26)10-8-17/h3-13,16H,14-15H2,1-2H3,(H,27,29). The van der Waals surface area contributed by atoms with E-state index in [-0.39, 0.29) is 11.8 Å². The summed E-state index contributed by atoms with van der Waals surface area (Å²) in [6, 6.07) is 18.1. The molecule has 0 saturated carbocycles. The first kappa shape index (κ1) is 21.4. The van der Waals surface area contributed by atoms with Crippen molar-refractivity contribution in [3.8, 4) is 11.5 Å².